The summed E-state index contributed by atoms with van der Waals surface area (Å²) in [5, 5.41) is 12.4. The average molecular weight is 347 g/mol. The van der Waals surface area contributed by atoms with E-state index in [1.165, 1.54) is 11.0 Å². The summed E-state index contributed by atoms with van der Waals surface area (Å²) in [5.74, 6) is -0.303. The van der Waals surface area contributed by atoms with Gasteiger partial charge in [0, 0.05) is 13.6 Å². The molecule has 6 heteroatoms. The predicted octanol–water partition coefficient (Wildman–Crippen LogP) is 2.54. The van der Waals surface area contributed by atoms with Crippen LogP contribution in [0.25, 0.3) is 0 Å². The van der Waals surface area contributed by atoms with Crippen LogP contribution in [0, 0.1) is 5.82 Å². The quantitative estimate of drug-likeness (QED) is 0.860. The van der Waals surface area contributed by atoms with Crippen molar-refractivity contribution < 1.29 is 14.3 Å². The number of carbonyl (C=O) groups is 1. The number of benzene rings is 1. The molecule has 1 aromatic rings. The summed E-state index contributed by atoms with van der Waals surface area (Å²) in [7, 11) is 1.63. The molecular weight excluding hydrogens is 327 g/mol. The van der Waals surface area contributed by atoms with Gasteiger partial charge in [-0.05, 0) is 53.9 Å². The minimum absolute atomic E-state index is 0.242. The second-order valence-electron chi connectivity index (χ2n) is 5.40. The van der Waals surface area contributed by atoms with Crippen LogP contribution >= 0.6 is 15.9 Å². The number of halogens is 2. The Bertz CT molecular complexity index is 475. The lowest BCUT2D eigenvalue weighted by Crippen LogP contribution is -2.45. The van der Waals surface area contributed by atoms with Gasteiger partial charge in [-0.2, -0.15) is 0 Å². The van der Waals surface area contributed by atoms with Crippen molar-refractivity contribution in [2.45, 2.75) is 25.9 Å². The van der Waals surface area contributed by atoms with E-state index in [0.29, 0.717) is 17.4 Å². The maximum absolute atomic E-state index is 13.1. The van der Waals surface area contributed by atoms with Crippen LogP contribution in [-0.2, 0) is 6.42 Å². The SMILES string of the molecule is CN(CC(C)(C)O)C(=O)NCCc1ccc(F)c(Br)c1. The number of aliphatic hydroxyl groups is 1. The maximum atomic E-state index is 13.1. The van der Waals surface area contributed by atoms with Gasteiger partial charge in [0.15, 0.2) is 0 Å². The van der Waals surface area contributed by atoms with Gasteiger partial charge in [0.25, 0.3) is 0 Å². The van der Waals surface area contributed by atoms with Gasteiger partial charge in [-0.25, -0.2) is 9.18 Å². The zero-order valence-electron chi connectivity index (χ0n) is 11.9. The number of nitrogens with zero attached hydrogens (tertiary/aromatic N) is 1. The first-order valence-corrected chi connectivity index (χ1v) is 7.13. The van der Waals surface area contributed by atoms with Gasteiger partial charge < -0.3 is 15.3 Å². The Labute approximate surface area is 127 Å². The van der Waals surface area contributed by atoms with Crippen LogP contribution in [0.2, 0.25) is 0 Å². The zero-order chi connectivity index (χ0) is 15.3. The first kappa shape index (κ1) is 16.9. The van der Waals surface area contributed by atoms with Gasteiger partial charge in [0.2, 0.25) is 0 Å². The summed E-state index contributed by atoms with van der Waals surface area (Å²) < 4.78 is 13.5. The summed E-state index contributed by atoms with van der Waals surface area (Å²) in [6.07, 6.45) is 0.612. The van der Waals surface area contributed by atoms with E-state index < -0.39 is 5.60 Å². The van der Waals surface area contributed by atoms with Crippen LogP contribution in [0.5, 0.6) is 0 Å². The average Bonchev–Trinajstić information content (AvgIpc) is 2.31. The Morgan fingerprint density at radius 2 is 2.15 bits per heavy atom. The van der Waals surface area contributed by atoms with Crippen LogP contribution in [-0.4, -0.2) is 41.8 Å². The number of hydrogen-bond donors (Lipinski definition) is 2. The minimum Gasteiger partial charge on any atom is -0.389 e. The predicted molar refractivity (Wildman–Crippen MR) is 80.1 cm³/mol. The molecule has 0 aromatic heterocycles. The maximum Gasteiger partial charge on any atom is 0.317 e. The fraction of sp³-hybridized carbons (Fsp3) is 0.500. The highest BCUT2D eigenvalue weighted by Crippen LogP contribution is 2.16. The number of urea groups is 1. The molecule has 0 bridgehead atoms. The molecule has 0 saturated carbocycles. The van der Waals surface area contributed by atoms with E-state index in [0.717, 1.165) is 5.56 Å². The molecule has 0 unspecified atom stereocenters. The smallest absolute Gasteiger partial charge is 0.317 e. The first-order valence-electron chi connectivity index (χ1n) is 6.34. The lowest BCUT2D eigenvalue weighted by molar-refractivity contribution is 0.0532. The van der Waals surface area contributed by atoms with E-state index in [1.807, 2.05) is 0 Å². The molecule has 4 nitrogen and oxygen atoms in total. The van der Waals surface area contributed by atoms with Crippen LogP contribution in [0.3, 0.4) is 0 Å². The topological polar surface area (TPSA) is 52.6 Å². The Hall–Kier alpha value is -1.14. The molecule has 0 aliphatic carbocycles. The Balaban J connectivity index is 2.40. The lowest BCUT2D eigenvalue weighted by atomic mass is 10.1. The van der Waals surface area contributed by atoms with Gasteiger partial charge in [0.1, 0.15) is 5.82 Å². The molecule has 112 valence electrons. The number of carbonyl (C=O) groups excluding carboxylic acids is 1. The van der Waals surface area contributed by atoms with E-state index in [9.17, 15) is 14.3 Å². The molecule has 0 atom stereocenters. The second-order valence-corrected chi connectivity index (χ2v) is 6.25. The molecule has 2 N–H and O–H groups in total. The molecule has 2 amide bonds. The standard InChI is InChI=1S/C14H20BrFN2O2/c1-14(2,20)9-18(3)13(19)17-7-6-10-4-5-12(16)11(15)8-10/h4-5,8,20H,6-7,9H2,1-3H3,(H,17,19). The molecule has 0 aliphatic rings. The molecule has 0 saturated heterocycles. The first-order chi connectivity index (χ1) is 9.19. The Morgan fingerprint density at radius 3 is 2.70 bits per heavy atom. The third kappa shape index (κ3) is 5.88. The molecule has 0 fully saturated rings. The molecular formula is C14H20BrFN2O2. The van der Waals surface area contributed by atoms with E-state index in [-0.39, 0.29) is 18.4 Å². The third-order valence-corrected chi connectivity index (χ3v) is 3.25. The van der Waals surface area contributed by atoms with Crippen molar-refractivity contribution in [3.63, 3.8) is 0 Å². The van der Waals surface area contributed by atoms with Crippen molar-refractivity contribution in [1.82, 2.24) is 10.2 Å². The number of hydrogen-bond acceptors (Lipinski definition) is 2. The second kappa shape index (κ2) is 7.04. The number of nitrogens with one attached hydrogen (secondary N) is 1. The largest absolute Gasteiger partial charge is 0.389 e. The number of rotatable bonds is 5. The molecule has 1 aromatic carbocycles. The molecule has 0 spiro atoms. The molecule has 20 heavy (non-hydrogen) atoms. The van der Waals surface area contributed by atoms with Crippen molar-refractivity contribution in [3.8, 4) is 0 Å². The summed E-state index contributed by atoms with van der Waals surface area (Å²) in [4.78, 5) is 13.2. The van der Waals surface area contributed by atoms with Gasteiger partial charge in [-0.3, -0.25) is 0 Å². The van der Waals surface area contributed by atoms with Gasteiger partial charge in [-0.15, -0.1) is 0 Å². The van der Waals surface area contributed by atoms with E-state index in [2.05, 4.69) is 21.2 Å². The summed E-state index contributed by atoms with van der Waals surface area (Å²) in [6.45, 7) is 3.99. The van der Waals surface area contributed by atoms with E-state index in [1.54, 1.807) is 33.0 Å². The van der Waals surface area contributed by atoms with E-state index >= 15 is 0 Å². The van der Waals surface area contributed by atoms with Gasteiger partial charge >= 0.3 is 6.03 Å². The normalized spacial score (nSPS) is 11.3. The van der Waals surface area contributed by atoms with E-state index in [4.69, 9.17) is 0 Å². The highest BCUT2D eigenvalue weighted by molar-refractivity contribution is 9.10. The van der Waals surface area contributed by atoms with Crippen molar-refractivity contribution in [1.29, 1.82) is 0 Å². The molecule has 0 radical (unpaired) electrons. The highest BCUT2D eigenvalue weighted by atomic mass is 79.9. The van der Waals surface area contributed by atoms with Crippen molar-refractivity contribution >= 4 is 22.0 Å². The van der Waals surface area contributed by atoms with Gasteiger partial charge in [0.05, 0.1) is 16.6 Å². The number of likely N-dealkylation sites (N-methyl/N-ethyl adjacent to an activating group) is 1. The highest BCUT2D eigenvalue weighted by Gasteiger charge is 2.18. The molecule has 1 rings (SSSR count). The number of amides is 2. The van der Waals surface area contributed by atoms with Crippen LogP contribution in [0.4, 0.5) is 9.18 Å². The molecule has 0 aliphatic heterocycles. The van der Waals surface area contributed by atoms with Crippen LogP contribution in [0.15, 0.2) is 22.7 Å². The molecule has 0 heterocycles. The zero-order valence-corrected chi connectivity index (χ0v) is 13.5. The monoisotopic (exact) mass is 346 g/mol. The summed E-state index contributed by atoms with van der Waals surface area (Å²) >= 11 is 3.12. The minimum atomic E-state index is -0.923. The van der Waals surface area contributed by atoms with Crippen molar-refractivity contribution in [2.24, 2.45) is 0 Å². The van der Waals surface area contributed by atoms with Crippen LogP contribution in [0.1, 0.15) is 19.4 Å². The fourth-order valence-electron chi connectivity index (χ4n) is 1.80. The van der Waals surface area contributed by atoms with Crippen molar-refractivity contribution in [3.05, 3.63) is 34.1 Å². The summed E-state index contributed by atoms with van der Waals surface area (Å²) in [6, 6.07) is 4.53. The Kier molecular flexibility index (Phi) is 5.95. The van der Waals surface area contributed by atoms with Crippen molar-refractivity contribution in [2.75, 3.05) is 20.1 Å². The summed E-state index contributed by atoms with van der Waals surface area (Å²) in [5.41, 5.74) is 0.0113. The fourth-order valence-corrected chi connectivity index (χ4v) is 2.22. The Morgan fingerprint density at radius 1 is 1.50 bits per heavy atom. The van der Waals surface area contributed by atoms with Gasteiger partial charge in [-0.1, -0.05) is 6.07 Å². The van der Waals surface area contributed by atoms with Crippen LogP contribution < -0.4 is 5.32 Å². The third-order valence-electron chi connectivity index (χ3n) is 2.64. The lowest BCUT2D eigenvalue weighted by Gasteiger charge is -2.25.